The molecule has 2 aliphatic carbocycles. The van der Waals surface area contributed by atoms with Crippen molar-refractivity contribution in [3.63, 3.8) is 0 Å². The van der Waals surface area contributed by atoms with Crippen LogP contribution in [0.2, 0.25) is 0 Å². The summed E-state index contributed by atoms with van der Waals surface area (Å²) in [4.78, 5) is 30.5. The number of nitrogens with zero attached hydrogens (tertiary/aromatic N) is 2. The van der Waals surface area contributed by atoms with Gasteiger partial charge in [-0.3, -0.25) is 9.59 Å². The molecule has 0 aromatic carbocycles. The smallest absolute Gasteiger partial charge is 0.239 e. The predicted molar refractivity (Wildman–Crippen MR) is 69.2 cm³/mol. The summed E-state index contributed by atoms with van der Waals surface area (Å²) < 4.78 is 0. The molecule has 4 heteroatoms. The van der Waals surface area contributed by atoms with Crippen molar-refractivity contribution < 1.29 is 9.59 Å². The van der Waals surface area contributed by atoms with Crippen LogP contribution in [0.5, 0.6) is 0 Å². The first-order valence-electron chi connectivity index (χ1n) is 6.65. The number of amides is 2. The Kier molecular flexibility index (Phi) is 2.03. The second-order valence-corrected chi connectivity index (χ2v) is 5.70. The van der Waals surface area contributed by atoms with Gasteiger partial charge in [0, 0.05) is 6.20 Å². The molecule has 96 valence electrons. The van der Waals surface area contributed by atoms with Gasteiger partial charge in [-0.25, -0.2) is 9.88 Å². The Morgan fingerprint density at radius 3 is 2.37 bits per heavy atom. The monoisotopic (exact) mass is 254 g/mol. The molecule has 0 unspecified atom stereocenters. The number of imide groups is 1. The van der Waals surface area contributed by atoms with Gasteiger partial charge in [0.15, 0.2) is 0 Å². The number of allylic oxidation sites excluding steroid dienone is 2. The predicted octanol–water partition coefficient (Wildman–Crippen LogP) is 1.70. The number of fused-ring (bicyclic) bond motifs is 5. The fourth-order valence-corrected chi connectivity index (χ4v) is 3.77. The van der Waals surface area contributed by atoms with Crippen molar-refractivity contribution in [3.8, 4) is 0 Å². The summed E-state index contributed by atoms with van der Waals surface area (Å²) in [6.07, 6.45) is 6.81. The molecule has 2 bridgehead atoms. The quantitative estimate of drug-likeness (QED) is 0.566. The number of aromatic nitrogens is 1. The third-order valence-corrected chi connectivity index (χ3v) is 4.60. The Morgan fingerprint density at radius 2 is 1.79 bits per heavy atom. The van der Waals surface area contributed by atoms with Crippen molar-refractivity contribution in [2.24, 2.45) is 23.7 Å². The molecular formula is C15H14N2O2. The Balaban J connectivity index is 1.77. The van der Waals surface area contributed by atoms with Gasteiger partial charge in [0.2, 0.25) is 11.8 Å². The lowest BCUT2D eigenvalue weighted by molar-refractivity contribution is -0.123. The van der Waals surface area contributed by atoms with E-state index in [0.29, 0.717) is 5.82 Å². The molecule has 1 saturated heterocycles. The zero-order chi connectivity index (χ0) is 13.1. The van der Waals surface area contributed by atoms with Crippen molar-refractivity contribution in [2.75, 3.05) is 4.90 Å². The third kappa shape index (κ3) is 1.31. The van der Waals surface area contributed by atoms with Gasteiger partial charge in [0.05, 0.1) is 11.8 Å². The first-order chi connectivity index (χ1) is 9.16. The van der Waals surface area contributed by atoms with E-state index in [0.717, 1.165) is 12.0 Å². The Hall–Kier alpha value is -1.97. The molecule has 4 nitrogen and oxygen atoms in total. The zero-order valence-corrected chi connectivity index (χ0v) is 10.6. The molecule has 4 atom stereocenters. The zero-order valence-electron chi connectivity index (χ0n) is 10.6. The van der Waals surface area contributed by atoms with Crippen molar-refractivity contribution in [2.45, 2.75) is 13.3 Å². The number of carbonyl (C=O) groups is 2. The highest BCUT2D eigenvalue weighted by Gasteiger charge is 2.59. The van der Waals surface area contributed by atoms with E-state index in [-0.39, 0.29) is 35.5 Å². The maximum absolute atomic E-state index is 12.5. The van der Waals surface area contributed by atoms with Gasteiger partial charge < -0.3 is 0 Å². The molecule has 2 fully saturated rings. The van der Waals surface area contributed by atoms with E-state index in [1.165, 1.54) is 4.90 Å². The summed E-state index contributed by atoms with van der Waals surface area (Å²) in [5.41, 5.74) is 1.00. The molecule has 2 amide bonds. The average Bonchev–Trinajstić information content (AvgIpc) is 3.04. The first kappa shape index (κ1) is 10.9. The number of aryl methyl sites for hydroxylation is 1. The summed E-state index contributed by atoms with van der Waals surface area (Å²) in [6, 6.07) is 3.66. The Morgan fingerprint density at radius 1 is 1.16 bits per heavy atom. The van der Waals surface area contributed by atoms with Crippen LogP contribution in [0.3, 0.4) is 0 Å². The molecule has 1 aromatic heterocycles. The van der Waals surface area contributed by atoms with Crippen LogP contribution in [-0.2, 0) is 9.59 Å². The van der Waals surface area contributed by atoms with Crippen molar-refractivity contribution in [1.82, 2.24) is 4.98 Å². The summed E-state index contributed by atoms with van der Waals surface area (Å²) >= 11 is 0. The lowest BCUT2D eigenvalue weighted by Gasteiger charge is -2.16. The van der Waals surface area contributed by atoms with Crippen LogP contribution in [-0.4, -0.2) is 16.8 Å². The van der Waals surface area contributed by atoms with Gasteiger partial charge in [0.1, 0.15) is 5.82 Å². The normalized spacial score (nSPS) is 35.3. The van der Waals surface area contributed by atoms with Crippen LogP contribution in [0, 0.1) is 30.6 Å². The maximum atomic E-state index is 12.5. The molecule has 0 radical (unpaired) electrons. The summed E-state index contributed by atoms with van der Waals surface area (Å²) in [5, 5.41) is 0. The van der Waals surface area contributed by atoms with E-state index in [2.05, 4.69) is 17.1 Å². The second-order valence-electron chi connectivity index (χ2n) is 5.70. The van der Waals surface area contributed by atoms with Crippen LogP contribution < -0.4 is 4.90 Å². The third-order valence-electron chi connectivity index (χ3n) is 4.60. The highest BCUT2D eigenvalue weighted by Crippen LogP contribution is 2.52. The lowest BCUT2D eigenvalue weighted by atomic mass is 9.85. The van der Waals surface area contributed by atoms with E-state index in [1.807, 2.05) is 13.0 Å². The summed E-state index contributed by atoms with van der Waals surface area (Å²) in [7, 11) is 0. The van der Waals surface area contributed by atoms with Crippen LogP contribution in [0.1, 0.15) is 12.0 Å². The molecule has 1 aliphatic heterocycles. The summed E-state index contributed by atoms with van der Waals surface area (Å²) in [5.74, 6) is 0.552. The van der Waals surface area contributed by atoms with Gasteiger partial charge in [-0.2, -0.15) is 0 Å². The average molecular weight is 254 g/mol. The summed E-state index contributed by atoms with van der Waals surface area (Å²) in [6.45, 7) is 1.93. The van der Waals surface area contributed by atoms with Crippen molar-refractivity contribution in [3.05, 3.63) is 36.0 Å². The van der Waals surface area contributed by atoms with Crippen molar-refractivity contribution >= 4 is 17.6 Å². The van der Waals surface area contributed by atoms with Gasteiger partial charge in [0.25, 0.3) is 0 Å². The maximum Gasteiger partial charge on any atom is 0.239 e. The molecular weight excluding hydrogens is 240 g/mol. The fraction of sp³-hybridized carbons (Fsp3) is 0.400. The van der Waals surface area contributed by atoms with Crippen LogP contribution in [0.15, 0.2) is 30.5 Å². The Labute approximate surface area is 111 Å². The number of hydrogen-bond acceptors (Lipinski definition) is 3. The highest BCUT2D eigenvalue weighted by atomic mass is 16.2. The first-order valence-corrected chi connectivity index (χ1v) is 6.65. The molecule has 2 heterocycles. The van der Waals surface area contributed by atoms with E-state index in [4.69, 9.17) is 0 Å². The molecule has 4 rings (SSSR count). The van der Waals surface area contributed by atoms with Crippen LogP contribution in [0.4, 0.5) is 5.82 Å². The number of hydrogen-bond donors (Lipinski definition) is 0. The second kappa shape index (κ2) is 3.53. The van der Waals surface area contributed by atoms with Gasteiger partial charge >= 0.3 is 0 Å². The van der Waals surface area contributed by atoms with E-state index in [1.54, 1.807) is 12.3 Å². The molecule has 0 spiro atoms. The fourth-order valence-electron chi connectivity index (χ4n) is 3.77. The molecule has 0 N–H and O–H groups in total. The van der Waals surface area contributed by atoms with Gasteiger partial charge in [-0.05, 0) is 42.9 Å². The number of anilines is 1. The number of rotatable bonds is 1. The molecule has 3 aliphatic rings. The standard InChI is InChI=1S/C15H14N2O2/c1-8-4-5-16-11(6-8)17-14(18)12-9-2-3-10(7-9)13(12)15(17)19/h2-6,9-10,12-13H,7H2,1H3/t9-,10-,12-,13-/m0/s1. The van der Waals surface area contributed by atoms with Gasteiger partial charge in [-0.15, -0.1) is 0 Å². The Bertz CT molecular complexity index is 592. The van der Waals surface area contributed by atoms with E-state index < -0.39 is 0 Å². The molecule has 1 saturated carbocycles. The number of pyridine rings is 1. The minimum atomic E-state index is -0.148. The minimum absolute atomic E-state index is 0.0649. The van der Waals surface area contributed by atoms with E-state index >= 15 is 0 Å². The number of carbonyl (C=O) groups excluding carboxylic acids is 2. The van der Waals surface area contributed by atoms with Crippen LogP contribution in [0.25, 0.3) is 0 Å². The van der Waals surface area contributed by atoms with E-state index in [9.17, 15) is 9.59 Å². The van der Waals surface area contributed by atoms with Gasteiger partial charge in [-0.1, -0.05) is 12.2 Å². The van der Waals surface area contributed by atoms with Crippen molar-refractivity contribution in [1.29, 1.82) is 0 Å². The molecule has 1 aromatic rings. The van der Waals surface area contributed by atoms with Crippen LogP contribution >= 0.6 is 0 Å². The topological polar surface area (TPSA) is 50.3 Å². The molecule has 19 heavy (non-hydrogen) atoms. The SMILES string of the molecule is Cc1ccnc(N2C(=O)[C@@H]3[C@@H](C2=O)[C@H]2C=C[C@H]3C2)c1. The lowest BCUT2D eigenvalue weighted by Crippen LogP contribution is -2.33. The highest BCUT2D eigenvalue weighted by molar-refractivity contribution is 6.22. The minimum Gasteiger partial charge on any atom is -0.274 e. The largest absolute Gasteiger partial charge is 0.274 e.